The number of hydrogen-bond donors (Lipinski definition) is 2. The minimum atomic E-state index is 0. The van der Waals surface area contributed by atoms with Gasteiger partial charge in [-0.05, 0) is 22.3 Å². The first kappa shape index (κ1) is 22.8. The van der Waals surface area contributed by atoms with Crippen LogP contribution in [0.1, 0.15) is 34.3 Å². The first-order chi connectivity index (χ1) is 14.9. The molecule has 0 heterocycles. The van der Waals surface area contributed by atoms with Crippen LogP contribution in [0.5, 0.6) is 0 Å². The van der Waals surface area contributed by atoms with E-state index in [1.165, 1.54) is 22.3 Å². The van der Waals surface area contributed by atoms with Gasteiger partial charge in [0.25, 0.3) is 0 Å². The normalized spacial score (nSPS) is 10.8. The van der Waals surface area contributed by atoms with Gasteiger partial charge >= 0.3 is 0 Å². The molecule has 31 heavy (non-hydrogen) atoms. The molecule has 0 spiro atoms. The molecule has 4 aromatic carbocycles. The Morgan fingerprint density at radius 2 is 0.613 bits per heavy atom. The number of benzene rings is 4. The van der Waals surface area contributed by atoms with Gasteiger partial charge in [0.15, 0.2) is 0 Å². The van der Waals surface area contributed by atoms with Crippen LogP contribution >= 0.6 is 12.4 Å². The van der Waals surface area contributed by atoms with Gasteiger partial charge in [-0.25, -0.2) is 0 Å². The van der Waals surface area contributed by atoms with Gasteiger partial charge in [-0.1, -0.05) is 121 Å². The zero-order chi connectivity index (χ0) is 20.4. The van der Waals surface area contributed by atoms with E-state index in [0.29, 0.717) is 0 Å². The second kappa shape index (κ2) is 12.1. The Morgan fingerprint density at radius 3 is 0.839 bits per heavy atom. The van der Waals surface area contributed by atoms with Crippen molar-refractivity contribution >= 4 is 12.4 Å². The molecule has 0 aliphatic heterocycles. The monoisotopic (exact) mass is 428 g/mol. The summed E-state index contributed by atoms with van der Waals surface area (Å²) in [7, 11) is 0. The summed E-state index contributed by atoms with van der Waals surface area (Å²) in [6.45, 7) is 1.73. The summed E-state index contributed by atoms with van der Waals surface area (Å²) < 4.78 is 0. The summed E-state index contributed by atoms with van der Waals surface area (Å²) in [4.78, 5) is 0. The summed E-state index contributed by atoms with van der Waals surface area (Å²) in [5.41, 5.74) is 5.13. The van der Waals surface area contributed by atoms with E-state index < -0.39 is 0 Å². The first-order valence-corrected chi connectivity index (χ1v) is 10.6. The van der Waals surface area contributed by atoms with E-state index in [4.69, 9.17) is 0 Å². The largest absolute Gasteiger partial charge is 0.305 e. The molecule has 0 aliphatic carbocycles. The molecule has 0 saturated carbocycles. The third-order valence-electron chi connectivity index (χ3n) is 5.35. The summed E-state index contributed by atoms with van der Waals surface area (Å²) in [5, 5.41) is 7.50. The Morgan fingerprint density at radius 1 is 0.387 bits per heavy atom. The molecule has 0 amide bonds. The molecule has 0 bridgehead atoms. The highest BCUT2D eigenvalue weighted by Crippen LogP contribution is 2.23. The zero-order valence-corrected chi connectivity index (χ0v) is 18.3. The summed E-state index contributed by atoms with van der Waals surface area (Å²) in [6, 6.07) is 43.0. The van der Waals surface area contributed by atoms with E-state index >= 15 is 0 Å². The van der Waals surface area contributed by atoms with Crippen molar-refractivity contribution < 1.29 is 0 Å². The van der Waals surface area contributed by atoms with Crippen LogP contribution in [0.3, 0.4) is 0 Å². The van der Waals surface area contributed by atoms with Gasteiger partial charge in [0.1, 0.15) is 0 Å². The SMILES string of the molecule is Cl.c1ccc(C(NCCNC(c2ccccc2)c2ccccc2)c2ccccc2)cc1. The maximum Gasteiger partial charge on any atom is 0.0577 e. The van der Waals surface area contributed by atoms with Crippen molar-refractivity contribution in [2.45, 2.75) is 12.1 Å². The van der Waals surface area contributed by atoms with E-state index in [-0.39, 0.29) is 24.5 Å². The molecule has 0 atom stereocenters. The smallest absolute Gasteiger partial charge is 0.0577 e. The van der Waals surface area contributed by atoms with Crippen molar-refractivity contribution in [3.8, 4) is 0 Å². The topological polar surface area (TPSA) is 24.1 Å². The molecule has 4 rings (SSSR count). The Bertz CT molecular complexity index is 828. The minimum Gasteiger partial charge on any atom is -0.305 e. The van der Waals surface area contributed by atoms with Crippen LogP contribution in [0.2, 0.25) is 0 Å². The molecular weight excluding hydrogens is 400 g/mol. The van der Waals surface area contributed by atoms with Crippen molar-refractivity contribution in [1.29, 1.82) is 0 Å². The molecule has 0 radical (unpaired) electrons. The molecule has 2 nitrogen and oxygen atoms in total. The molecule has 158 valence electrons. The molecule has 0 aliphatic rings. The Balaban J connectivity index is 0.00000272. The molecule has 2 N–H and O–H groups in total. The second-order valence-electron chi connectivity index (χ2n) is 7.42. The van der Waals surface area contributed by atoms with Gasteiger partial charge in [0, 0.05) is 13.1 Å². The van der Waals surface area contributed by atoms with Crippen molar-refractivity contribution in [2.75, 3.05) is 13.1 Å². The lowest BCUT2D eigenvalue weighted by molar-refractivity contribution is 0.537. The van der Waals surface area contributed by atoms with Crippen molar-refractivity contribution in [3.05, 3.63) is 144 Å². The van der Waals surface area contributed by atoms with Crippen LogP contribution in [0.25, 0.3) is 0 Å². The van der Waals surface area contributed by atoms with Crippen molar-refractivity contribution in [1.82, 2.24) is 10.6 Å². The van der Waals surface area contributed by atoms with Gasteiger partial charge in [-0.3, -0.25) is 0 Å². The predicted octanol–water partition coefficient (Wildman–Crippen LogP) is 6.17. The molecule has 0 fully saturated rings. The van der Waals surface area contributed by atoms with Gasteiger partial charge in [-0.15, -0.1) is 12.4 Å². The van der Waals surface area contributed by atoms with E-state index in [0.717, 1.165) is 13.1 Å². The number of nitrogens with one attached hydrogen (secondary N) is 2. The highest BCUT2D eigenvalue weighted by molar-refractivity contribution is 5.85. The van der Waals surface area contributed by atoms with Gasteiger partial charge in [-0.2, -0.15) is 0 Å². The third kappa shape index (κ3) is 6.28. The Hall–Kier alpha value is -2.91. The van der Waals surface area contributed by atoms with E-state index in [1.54, 1.807) is 0 Å². The maximum atomic E-state index is 3.75. The van der Waals surface area contributed by atoms with Gasteiger partial charge in [0.2, 0.25) is 0 Å². The highest BCUT2D eigenvalue weighted by Gasteiger charge is 2.15. The molecule has 0 aromatic heterocycles. The molecule has 0 saturated heterocycles. The molecule has 3 heteroatoms. The zero-order valence-electron chi connectivity index (χ0n) is 17.5. The third-order valence-corrected chi connectivity index (χ3v) is 5.35. The standard InChI is InChI=1S/C28H28N2.ClH/c1-5-13-23(14-6-1)27(24-15-7-2-8-16-24)29-21-22-30-28(25-17-9-3-10-18-25)26-19-11-4-12-20-26;/h1-20,27-30H,21-22H2;1H. The van der Waals surface area contributed by atoms with Crippen molar-refractivity contribution in [3.63, 3.8) is 0 Å². The molecule has 0 unspecified atom stereocenters. The highest BCUT2D eigenvalue weighted by atomic mass is 35.5. The fourth-order valence-electron chi connectivity index (χ4n) is 3.87. The summed E-state index contributed by atoms with van der Waals surface area (Å²) >= 11 is 0. The summed E-state index contributed by atoms with van der Waals surface area (Å²) in [5.74, 6) is 0. The van der Waals surface area contributed by atoms with Gasteiger partial charge < -0.3 is 10.6 Å². The fourth-order valence-corrected chi connectivity index (χ4v) is 3.87. The van der Waals surface area contributed by atoms with Crippen LogP contribution < -0.4 is 10.6 Å². The number of hydrogen-bond acceptors (Lipinski definition) is 2. The quantitative estimate of drug-likeness (QED) is 0.311. The molecule has 4 aromatic rings. The average Bonchev–Trinajstić information content (AvgIpc) is 2.84. The molecular formula is C28H29ClN2. The van der Waals surface area contributed by atoms with E-state index in [9.17, 15) is 0 Å². The lowest BCUT2D eigenvalue weighted by atomic mass is 9.98. The number of halogens is 1. The van der Waals surface area contributed by atoms with Crippen LogP contribution in [-0.4, -0.2) is 13.1 Å². The maximum absolute atomic E-state index is 3.75. The first-order valence-electron chi connectivity index (χ1n) is 10.6. The Labute approximate surface area is 191 Å². The van der Waals surface area contributed by atoms with Crippen LogP contribution in [0, 0.1) is 0 Å². The van der Waals surface area contributed by atoms with E-state index in [2.05, 4.69) is 132 Å². The average molecular weight is 429 g/mol. The lowest BCUT2D eigenvalue weighted by Crippen LogP contribution is -2.33. The summed E-state index contributed by atoms with van der Waals surface area (Å²) in [6.07, 6.45) is 0. The van der Waals surface area contributed by atoms with Gasteiger partial charge in [0.05, 0.1) is 12.1 Å². The number of rotatable bonds is 9. The minimum absolute atomic E-state index is 0. The predicted molar refractivity (Wildman–Crippen MR) is 133 cm³/mol. The Kier molecular flexibility index (Phi) is 8.86. The lowest BCUT2D eigenvalue weighted by Gasteiger charge is -2.23. The van der Waals surface area contributed by atoms with E-state index in [1.807, 2.05) is 0 Å². The van der Waals surface area contributed by atoms with Crippen LogP contribution in [-0.2, 0) is 0 Å². The van der Waals surface area contributed by atoms with Crippen LogP contribution in [0.4, 0.5) is 0 Å². The van der Waals surface area contributed by atoms with Crippen molar-refractivity contribution in [2.24, 2.45) is 0 Å². The second-order valence-corrected chi connectivity index (χ2v) is 7.42. The van der Waals surface area contributed by atoms with Crippen LogP contribution in [0.15, 0.2) is 121 Å². The fraction of sp³-hybridized carbons (Fsp3) is 0.143.